The first-order chi connectivity index (χ1) is 31.8. The Morgan fingerprint density at radius 2 is 0.812 bits per heavy atom. The Hall–Kier alpha value is -8.20. The van der Waals surface area contributed by atoms with E-state index >= 15 is 0 Å². The minimum Gasteiger partial charge on any atom is -0.381 e. The molecule has 0 radical (unpaired) electrons. The summed E-state index contributed by atoms with van der Waals surface area (Å²) in [6.45, 7) is 0.852. The zero-order chi connectivity index (χ0) is 42.4. The van der Waals surface area contributed by atoms with Gasteiger partial charge in [0.05, 0.1) is 6.04 Å². The molecule has 64 heavy (non-hydrogen) atoms. The first-order valence-corrected chi connectivity index (χ1v) is 22.3. The van der Waals surface area contributed by atoms with Crippen LogP contribution in [0.2, 0.25) is 0 Å². The summed E-state index contributed by atoms with van der Waals surface area (Å²) in [7, 11) is 0. The van der Waals surface area contributed by atoms with E-state index in [4.69, 9.17) is 0 Å². The van der Waals surface area contributed by atoms with E-state index in [2.05, 4.69) is 235 Å². The molecule has 1 aliphatic carbocycles. The fraction of sp³-hybridized carbons (Fsp3) is 0.0323. The van der Waals surface area contributed by atoms with Crippen LogP contribution in [-0.4, -0.2) is 6.54 Å². The van der Waals surface area contributed by atoms with E-state index in [1.54, 1.807) is 0 Å². The van der Waals surface area contributed by atoms with Gasteiger partial charge in [-0.1, -0.05) is 218 Å². The molecule has 0 saturated heterocycles. The number of fused-ring (bicyclic) bond motifs is 3. The van der Waals surface area contributed by atoms with Gasteiger partial charge >= 0.3 is 0 Å². The average molecular weight is 817 g/mol. The van der Waals surface area contributed by atoms with Crippen LogP contribution in [0.4, 0.5) is 0 Å². The summed E-state index contributed by atoms with van der Waals surface area (Å²) >= 11 is 0. The van der Waals surface area contributed by atoms with Crippen LogP contribution in [0.5, 0.6) is 0 Å². The Morgan fingerprint density at radius 3 is 1.28 bits per heavy atom. The van der Waals surface area contributed by atoms with E-state index in [0.29, 0.717) is 0 Å². The third-order valence-corrected chi connectivity index (χ3v) is 13.1. The molecule has 2 N–H and O–H groups in total. The van der Waals surface area contributed by atoms with Crippen LogP contribution < -0.4 is 10.6 Å². The lowest BCUT2D eigenvalue weighted by Crippen LogP contribution is -2.14. The van der Waals surface area contributed by atoms with Gasteiger partial charge in [0.25, 0.3) is 0 Å². The zero-order valence-corrected chi connectivity index (χ0v) is 35.3. The number of rotatable bonds is 8. The number of hydrogen-bond acceptors (Lipinski definition) is 2. The van der Waals surface area contributed by atoms with Crippen LogP contribution >= 0.6 is 0 Å². The standard InChI is InChI=1S/C62H44N2/c1-3-13-48(14-4-1)59-57(50-35-27-43(28-36-50)41-23-31-45(32-24-41)54-21-7-9-39-63-54)58(51-37-29-44(30-38-51)42-25-33-46(34-26-42)55-22-8-10-40-64-55)60(49-15-5-2-6-16-49)62-53-20-12-18-47-17-11-19-52(56(47)53)61(59)62/h1-39,54,63-64H,40H2. The van der Waals surface area contributed by atoms with E-state index in [1.807, 2.05) is 12.3 Å². The Bertz CT molecular complexity index is 3330. The van der Waals surface area contributed by atoms with Gasteiger partial charge in [0.15, 0.2) is 0 Å². The fourth-order valence-corrected chi connectivity index (χ4v) is 10.1. The Morgan fingerprint density at radius 1 is 0.359 bits per heavy atom. The van der Waals surface area contributed by atoms with E-state index < -0.39 is 0 Å². The van der Waals surface area contributed by atoms with Crippen molar-refractivity contribution >= 4 is 16.5 Å². The molecule has 0 saturated carbocycles. The van der Waals surface area contributed by atoms with Crippen LogP contribution in [-0.2, 0) is 0 Å². The Balaban J connectivity index is 1.09. The van der Waals surface area contributed by atoms with Crippen LogP contribution in [0, 0.1) is 0 Å². The van der Waals surface area contributed by atoms with E-state index in [-0.39, 0.29) is 6.04 Å². The lowest BCUT2D eigenvalue weighted by molar-refractivity contribution is 0.746. The smallest absolute Gasteiger partial charge is 0.0695 e. The molecule has 0 fully saturated rings. The first kappa shape index (κ1) is 37.6. The van der Waals surface area contributed by atoms with E-state index in [9.17, 15) is 0 Å². The molecule has 2 nitrogen and oxygen atoms in total. The summed E-state index contributed by atoms with van der Waals surface area (Å²) in [5.74, 6) is 0. The second-order valence-electron chi connectivity index (χ2n) is 16.8. The molecule has 1 unspecified atom stereocenters. The van der Waals surface area contributed by atoms with E-state index in [0.717, 1.165) is 12.2 Å². The summed E-state index contributed by atoms with van der Waals surface area (Å²) in [6, 6.07) is 72.4. The molecule has 1 atom stereocenters. The maximum Gasteiger partial charge on any atom is 0.0695 e. The highest BCUT2D eigenvalue weighted by molar-refractivity contribution is 6.25. The van der Waals surface area contributed by atoms with Crippen molar-refractivity contribution in [1.29, 1.82) is 0 Å². The van der Waals surface area contributed by atoms with Crippen molar-refractivity contribution in [2.24, 2.45) is 0 Å². The highest BCUT2D eigenvalue weighted by atomic mass is 14.9. The minimum absolute atomic E-state index is 0.181. The fourth-order valence-electron chi connectivity index (χ4n) is 10.1. The Kier molecular flexibility index (Phi) is 9.34. The van der Waals surface area contributed by atoms with E-state index in [1.165, 1.54) is 111 Å². The molecule has 12 rings (SSSR count). The SMILES string of the molecule is C1=CCNC(c2ccc(-c3ccc(-c4c(-c5ccc(-c6ccc(C7C=CC=CN7)cc6)cc5)c(-c5ccccc5)c5c(c4-c4ccccc4)-c4cccc6cccc-5c46)cc3)cc2)=C1. The third kappa shape index (κ3) is 6.51. The van der Waals surface area contributed by atoms with Crippen LogP contribution in [0.3, 0.4) is 0 Å². The summed E-state index contributed by atoms with van der Waals surface area (Å²) in [4.78, 5) is 0. The van der Waals surface area contributed by atoms with Crippen molar-refractivity contribution in [2.75, 3.05) is 6.54 Å². The van der Waals surface area contributed by atoms with Crippen LogP contribution in [0.15, 0.2) is 237 Å². The lowest BCUT2D eigenvalue weighted by atomic mass is 9.76. The van der Waals surface area contributed by atoms with Crippen LogP contribution in [0.1, 0.15) is 17.2 Å². The molecule has 0 bridgehead atoms. The summed E-state index contributed by atoms with van der Waals surface area (Å²) in [6.07, 6.45) is 14.7. The molecular weight excluding hydrogens is 773 g/mol. The molecule has 0 aromatic heterocycles. The maximum absolute atomic E-state index is 3.50. The summed E-state index contributed by atoms with van der Waals surface area (Å²) in [5, 5.41) is 9.53. The highest BCUT2D eigenvalue weighted by Gasteiger charge is 2.33. The second kappa shape index (κ2) is 15.9. The van der Waals surface area contributed by atoms with Crippen molar-refractivity contribution < 1.29 is 0 Å². The molecule has 9 aromatic rings. The van der Waals surface area contributed by atoms with Gasteiger partial charge < -0.3 is 10.6 Å². The predicted molar refractivity (Wildman–Crippen MR) is 270 cm³/mol. The maximum atomic E-state index is 3.50. The normalized spacial score (nSPS) is 14.5. The number of nitrogens with one attached hydrogen (secondary N) is 2. The van der Waals surface area contributed by atoms with Gasteiger partial charge in [-0.3, -0.25) is 0 Å². The molecule has 3 aliphatic rings. The van der Waals surface area contributed by atoms with Crippen molar-refractivity contribution in [3.8, 4) is 89.0 Å². The van der Waals surface area contributed by atoms with Crippen molar-refractivity contribution in [3.63, 3.8) is 0 Å². The van der Waals surface area contributed by atoms with Crippen LogP contribution in [0.25, 0.3) is 105 Å². The minimum atomic E-state index is 0.181. The molecule has 2 heteroatoms. The van der Waals surface area contributed by atoms with Crippen molar-refractivity contribution in [2.45, 2.75) is 6.04 Å². The monoisotopic (exact) mass is 816 g/mol. The summed E-state index contributed by atoms with van der Waals surface area (Å²) < 4.78 is 0. The molecule has 0 spiro atoms. The molecule has 2 heterocycles. The van der Waals surface area contributed by atoms with Gasteiger partial charge in [0.1, 0.15) is 0 Å². The zero-order valence-electron chi connectivity index (χ0n) is 35.3. The van der Waals surface area contributed by atoms with Gasteiger partial charge in [-0.2, -0.15) is 0 Å². The third-order valence-electron chi connectivity index (χ3n) is 13.1. The lowest BCUT2D eigenvalue weighted by Gasteiger charge is -2.26. The molecular formula is C62H44N2. The highest BCUT2D eigenvalue weighted by Crippen LogP contribution is 2.60. The van der Waals surface area contributed by atoms with Gasteiger partial charge in [0.2, 0.25) is 0 Å². The molecule has 2 aliphatic heterocycles. The molecule has 0 amide bonds. The quantitative estimate of drug-likeness (QED) is 0.160. The number of hydrogen-bond donors (Lipinski definition) is 2. The van der Waals surface area contributed by atoms with Gasteiger partial charge in [-0.15, -0.1) is 0 Å². The first-order valence-electron chi connectivity index (χ1n) is 22.3. The molecule has 302 valence electrons. The second-order valence-corrected chi connectivity index (χ2v) is 16.8. The van der Waals surface area contributed by atoms with Gasteiger partial charge in [0, 0.05) is 12.2 Å². The number of benzene rings is 9. The van der Waals surface area contributed by atoms with Crippen molar-refractivity contribution in [3.05, 3.63) is 248 Å². The van der Waals surface area contributed by atoms with Crippen molar-refractivity contribution in [1.82, 2.24) is 10.6 Å². The van der Waals surface area contributed by atoms with Gasteiger partial charge in [-0.05, 0) is 129 Å². The largest absolute Gasteiger partial charge is 0.381 e. The average Bonchev–Trinajstić information content (AvgIpc) is 3.72. The topological polar surface area (TPSA) is 24.1 Å². The number of allylic oxidation sites excluding steroid dienone is 4. The van der Waals surface area contributed by atoms with Gasteiger partial charge in [-0.25, -0.2) is 0 Å². The predicted octanol–water partition coefficient (Wildman–Crippen LogP) is 15.7. The number of dihydropyridines is 2. The molecule has 9 aromatic carbocycles. The summed E-state index contributed by atoms with van der Waals surface area (Å²) in [5.41, 5.74) is 23.3. The Labute approximate surface area is 374 Å².